The zero-order chi connectivity index (χ0) is 13.9. The molecule has 108 valence electrons. The molecule has 0 radical (unpaired) electrons. The monoisotopic (exact) mass is 289 g/mol. The first-order chi connectivity index (χ1) is 9.74. The maximum atomic E-state index is 4.82. The first-order valence-corrected chi connectivity index (χ1v) is 8.41. The number of nitrogens with zero attached hydrogens (tertiary/aromatic N) is 2. The summed E-state index contributed by atoms with van der Waals surface area (Å²) in [6.07, 6.45) is 3.96. The average Bonchev–Trinajstić information content (AvgIpc) is 2.89. The summed E-state index contributed by atoms with van der Waals surface area (Å²) >= 11 is 1.81. The van der Waals surface area contributed by atoms with Crippen molar-refractivity contribution in [3.8, 4) is 0 Å². The van der Waals surface area contributed by atoms with Crippen LogP contribution in [0.4, 0.5) is 5.13 Å². The molecule has 0 bridgehead atoms. The van der Waals surface area contributed by atoms with Gasteiger partial charge in [-0.3, -0.25) is 0 Å². The van der Waals surface area contributed by atoms with E-state index in [1.54, 1.807) is 0 Å². The third-order valence-electron chi connectivity index (χ3n) is 3.98. The van der Waals surface area contributed by atoms with E-state index in [1.165, 1.54) is 24.0 Å². The van der Waals surface area contributed by atoms with Gasteiger partial charge in [-0.25, -0.2) is 4.98 Å². The van der Waals surface area contributed by atoms with Crippen molar-refractivity contribution in [1.82, 2.24) is 10.3 Å². The van der Waals surface area contributed by atoms with Crippen molar-refractivity contribution in [3.05, 3.63) is 24.3 Å². The van der Waals surface area contributed by atoms with Crippen LogP contribution in [0.5, 0.6) is 0 Å². The van der Waals surface area contributed by atoms with E-state index < -0.39 is 0 Å². The van der Waals surface area contributed by atoms with Gasteiger partial charge in [0.05, 0.1) is 10.2 Å². The maximum Gasteiger partial charge on any atom is 0.186 e. The SMILES string of the molecule is CC(C)N(CC1CCCCN1)c1nc2ccccc2s1. The predicted molar refractivity (Wildman–Crippen MR) is 87.7 cm³/mol. The van der Waals surface area contributed by atoms with Crippen molar-refractivity contribution < 1.29 is 0 Å². The third kappa shape index (κ3) is 2.96. The summed E-state index contributed by atoms with van der Waals surface area (Å²) in [6.45, 7) is 6.75. The van der Waals surface area contributed by atoms with Crippen LogP contribution in [0.2, 0.25) is 0 Å². The van der Waals surface area contributed by atoms with Gasteiger partial charge in [-0.2, -0.15) is 0 Å². The van der Waals surface area contributed by atoms with Crippen LogP contribution in [0.1, 0.15) is 33.1 Å². The zero-order valence-electron chi connectivity index (χ0n) is 12.3. The van der Waals surface area contributed by atoms with Crippen LogP contribution in [-0.2, 0) is 0 Å². The highest BCUT2D eigenvalue weighted by molar-refractivity contribution is 7.22. The molecule has 1 aromatic heterocycles. The topological polar surface area (TPSA) is 28.2 Å². The first kappa shape index (κ1) is 13.8. The van der Waals surface area contributed by atoms with Gasteiger partial charge in [0.15, 0.2) is 5.13 Å². The fourth-order valence-electron chi connectivity index (χ4n) is 2.81. The van der Waals surface area contributed by atoms with Gasteiger partial charge in [-0.15, -0.1) is 0 Å². The molecule has 3 nitrogen and oxygen atoms in total. The molecular weight excluding hydrogens is 266 g/mol. The highest BCUT2D eigenvalue weighted by atomic mass is 32.1. The van der Waals surface area contributed by atoms with Crippen molar-refractivity contribution in [2.45, 2.75) is 45.2 Å². The van der Waals surface area contributed by atoms with Crippen LogP contribution in [0.25, 0.3) is 10.2 Å². The van der Waals surface area contributed by atoms with Crippen molar-refractivity contribution in [2.24, 2.45) is 0 Å². The third-order valence-corrected chi connectivity index (χ3v) is 5.05. The van der Waals surface area contributed by atoms with Crippen LogP contribution in [0.15, 0.2) is 24.3 Å². The molecule has 1 unspecified atom stereocenters. The Morgan fingerprint density at radius 3 is 2.90 bits per heavy atom. The minimum atomic E-state index is 0.485. The average molecular weight is 289 g/mol. The molecule has 1 atom stereocenters. The smallest absolute Gasteiger partial charge is 0.186 e. The number of piperidine rings is 1. The molecule has 4 heteroatoms. The van der Waals surface area contributed by atoms with Crippen molar-refractivity contribution >= 4 is 26.7 Å². The van der Waals surface area contributed by atoms with Crippen molar-refractivity contribution in [1.29, 1.82) is 0 Å². The second-order valence-corrected chi connectivity index (χ2v) is 6.87. The fraction of sp³-hybridized carbons (Fsp3) is 0.562. The van der Waals surface area contributed by atoms with Gasteiger partial charge < -0.3 is 10.2 Å². The Hall–Kier alpha value is -1.13. The van der Waals surface area contributed by atoms with E-state index in [4.69, 9.17) is 4.98 Å². The van der Waals surface area contributed by atoms with Gasteiger partial charge >= 0.3 is 0 Å². The van der Waals surface area contributed by atoms with E-state index >= 15 is 0 Å². The Kier molecular flexibility index (Phi) is 4.22. The summed E-state index contributed by atoms with van der Waals surface area (Å²) in [5.41, 5.74) is 1.12. The number of benzene rings is 1. The second kappa shape index (κ2) is 6.10. The highest BCUT2D eigenvalue weighted by Crippen LogP contribution is 2.30. The summed E-state index contributed by atoms with van der Waals surface area (Å²) in [4.78, 5) is 7.27. The van der Waals surface area contributed by atoms with E-state index in [2.05, 4.69) is 48.3 Å². The number of anilines is 1. The molecule has 20 heavy (non-hydrogen) atoms. The Labute approximate surface area is 125 Å². The molecule has 0 amide bonds. The van der Waals surface area contributed by atoms with Gasteiger partial charge in [-0.05, 0) is 45.4 Å². The van der Waals surface area contributed by atoms with E-state index in [0.29, 0.717) is 12.1 Å². The molecule has 1 saturated heterocycles. The lowest BCUT2D eigenvalue weighted by molar-refractivity contribution is 0.393. The number of rotatable bonds is 4. The van der Waals surface area contributed by atoms with Crippen LogP contribution >= 0.6 is 11.3 Å². The van der Waals surface area contributed by atoms with Gasteiger partial charge in [0.1, 0.15) is 0 Å². The summed E-state index contributed by atoms with van der Waals surface area (Å²) in [7, 11) is 0. The minimum Gasteiger partial charge on any atom is -0.344 e. The van der Waals surface area contributed by atoms with Crippen LogP contribution in [0, 0.1) is 0 Å². The number of thiazole rings is 1. The minimum absolute atomic E-state index is 0.485. The number of para-hydroxylation sites is 1. The molecule has 0 spiro atoms. The predicted octanol–water partition coefficient (Wildman–Crippen LogP) is 3.65. The van der Waals surface area contributed by atoms with E-state index in [1.807, 2.05) is 11.3 Å². The van der Waals surface area contributed by atoms with Gasteiger partial charge in [-0.1, -0.05) is 29.9 Å². The summed E-state index contributed by atoms with van der Waals surface area (Å²) in [6, 6.07) is 9.51. The fourth-order valence-corrected chi connectivity index (χ4v) is 3.92. The molecule has 1 N–H and O–H groups in total. The first-order valence-electron chi connectivity index (χ1n) is 7.59. The van der Waals surface area contributed by atoms with E-state index in [9.17, 15) is 0 Å². The standard InChI is InChI=1S/C16H23N3S/c1-12(2)19(11-13-7-5-6-10-17-13)16-18-14-8-3-4-9-15(14)20-16/h3-4,8-9,12-13,17H,5-7,10-11H2,1-2H3. The van der Waals surface area contributed by atoms with E-state index in [0.717, 1.165) is 23.7 Å². The number of hydrogen-bond donors (Lipinski definition) is 1. The van der Waals surface area contributed by atoms with Gasteiger partial charge in [0.2, 0.25) is 0 Å². The van der Waals surface area contributed by atoms with Crippen molar-refractivity contribution in [3.63, 3.8) is 0 Å². The molecule has 1 aliphatic heterocycles. The largest absolute Gasteiger partial charge is 0.344 e. The molecule has 1 aromatic carbocycles. The van der Waals surface area contributed by atoms with Gasteiger partial charge in [0.25, 0.3) is 0 Å². The lowest BCUT2D eigenvalue weighted by Gasteiger charge is -2.33. The molecule has 1 fully saturated rings. The molecular formula is C16H23N3S. The molecule has 2 aromatic rings. The Bertz CT molecular complexity index is 525. The molecule has 3 rings (SSSR count). The maximum absolute atomic E-state index is 4.82. The summed E-state index contributed by atoms with van der Waals surface area (Å²) in [5, 5.41) is 4.80. The van der Waals surface area contributed by atoms with Crippen LogP contribution in [-0.4, -0.2) is 30.2 Å². The highest BCUT2D eigenvalue weighted by Gasteiger charge is 2.21. The Morgan fingerprint density at radius 2 is 2.20 bits per heavy atom. The second-order valence-electron chi connectivity index (χ2n) is 5.86. The lowest BCUT2D eigenvalue weighted by atomic mass is 10.0. The number of aromatic nitrogens is 1. The zero-order valence-corrected chi connectivity index (χ0v) is 13.1. The number of hydrogen-bond acceptors (Lipinski definition) is 4. The number of fused-ring (bicyclic) bond motifs is 1. The van der Waals surface area contributed by atoms with Gasteiger partial charge in [0, 0.05) is 18.6 Å². The molecule has 0 aliphatic carbocycles. The van der Waals surface area contributed by atoms with E-state index in [-0.39, 0.29) is 0 Å². The number of nitrogens with one attached hydrogen (secondary N) is 1. The van der Waals surface area contributed by atoms with Crippen molar-refractivity contribution in [2.75, 3.05) is 18.0 Å². The Morgan fingerprint density at radius 1 is 1.35 bits per heavy atom. The lowest BCUT2D eigenvalue weighted by Crippen LogP contribution is -2.46. The summed E-state index contributed by atoms with van der Waals surface area (Å²) in [5.74, 6) is 0. The Balaban J connectivity index is 1.81. The molecule has 2 heterocycles. The molecule has 1 aliphatic rings. The normalized spacial score (nSPS) is 19.6. The quantitative estimate of drug-likeness (QED) is 0.931. The van der Waals surface area contributed by atoms with Crippen LogP contribution < -0.4 is 10.2 Å². The molecule has 0 saturated carbocycles. The summed E-state index contributed by atoms with van der Waals surface area (Å²) < 4.78 is 1.28. The van der Waals surface area contributed by atoms with Crippen LogP contribution in [0.3, 0.4) is 0 Å².